The van der Waals surface area contributed by atoms with E-state index < -0.39 is 32.4 Å². The van der Waals surface area contributed by atoms with Gasteiger partial charge in [0, 0.05) is 6.20 Å². The van der Waals surface area contributed by atoms with Crippen LogP contribution in [0.4, 0.5) is 18.9 Å². The molecule has 114 valence electrons. The normalized spacial score (nSPS) is 11.6. The van der Waals surface area contributed by atoms with Crippen molar-refractivity contribution in [2.75, 3.05) is 11.3 Å². The van der Waals surface area contributed by atoms with E-state index in [1.54, 1.807) is 0 Å². The Morgan fingerprint density at radius 2 is 1.95 bits per heavy atom. The van der Waals surface area contributed by atoms with Crippen LogP contribution in [0.1, 0.15) is 0 Å². The zero-order valence-corrected chi connectivity index (χ0v) is 11.2. The lowest BCUT2D eigenvalue weighted by atomic mass is 10.3. The molecule has 10 heteroatoms. The molecule has 0 aliphatic heterocycles. The van der Waals surface area contributed by atoms with Gasteiger partial charge in [-0.3, -0.25) is 9.40 Å². The molecule has 0 saturated heterocycles. The van der Waals surface area contributed by atoms with Gasteiger partial charge in [0.25, 0.3) is 10.0 Å². The predicted octanol–water partition coefficient (Wildman–Crippen LogP) is 1.09. The predicted molar refractivity (Wildman–Crippen MR) is 66.4 cm³/mol. The average molecular weight is 321 g/mol. The van der Waals surface area contributed by atoms with E-state index in [0.717, 1.165) is 6.20 Å². The maximum atomic E-state index is 13.5. The molecule has 0 radical (unpaired) electrons. The quantitative estimate of drug-likeness (QED) is 0.808. The van der Waals surface area contributed by atoms with Gasteiger partial charge >= 0.3 is 0 Å². The number of nitrogens with one attached hydrogen (secondary N) is 1. The first-order valence-corrected chi connectivity index (χ1v) is 7.13. The molecular weight excluding hydrogens is 311 g/mol. The molecular formula is C11H10F3N3O3S. The van der Waals surface area contributed by atoms with Gasteiger partial charge in [0.2, 0.25) is 0 Å². The Bertz CT molecular complexity index is 761. The van der Waals surface area contributed by atoms with Crippen LogP contribution in [0.25, 0.3) is 0 Å². The van der Waals surface area contributed by atoms with E-state index in [1.807, 2.05) is 4.72 Å². The van der Waals surface area contributed by atoms with Crippen LogP contribution in [0.3, 0.4) is 0 Å². The minimum absolute atomic E-state index is 0.00687. The van der Waals surface area contributed by atoms with E-state index in [4.69, 9.17) is 5.11 Å². The lowest BCUT2D eigenvalue weighted by Crippen LogP contribution is -2.15. The second kappa shape index (κ2) is 5.74. The first-order chi connectivity index (χ1) is 9.85. The lowest BCUT2D eigenvalue weighted by molar-refractivity contribution is 0.269. The molecule has 0 unspecified atom stereocenters. The van der Waals surface area contributed by atoms with Gasteiger partial charge < -0.3 is 5.11 Å². The van der Waals surface area contributed by atoms with Gasteiger partial charge in [-0.25, -0.2) is 21.6 Å². The van der Waals surface area contributed by atoms with Crippen molar-refractivity contribution in [1.29, 1.82) is 0 Å². The van der Waals surface area contributed by atoms with Gasteiger partial charge in [-0.15, -0.1) is 0 Å². The van der Waals surface area contributed by atoms with Crippen LogP contribution in [0, 0.1) is 17.5 Å². The molecule has 1 aromatic heterocycles. The van der Waals surface area contributed by atoms with Gasteiger partial charge in [0.1, 0.15) is 4.90 Å². The van der Waals surface area contributed by atoms with Crippen molar-refractivity contribution < 1.29 is 26.7 Å². The third-order valence-electron chi connectivity index (χ3n) is 2.50. The van der Waals surface area contributed by atoms with Crippen LogP contribution >= 0.6 is 0 Å². The highest BCUT2D eigenvalue weighted by molar-refractivity contribution is 7.92. The van der Waals surface area contributed by atoms with Crippen molar-refractivity contribution in [2.24, 2.45) is 0 Å². The van der Waals surface area contributed by atoms with Crippen molar-refractivity contribution in [3.63, 3.8) is 0 Å². The van der Waals surface area contributed by atoms with Crippen molar-refractivity contribution >= 4 is 15.7 Å². The highest BCUT2D eigenvalue weighted by atomic mass is 32.2. The fourth-order valence-electron chi connectivity index (χ4n) is 1.57. The minimum Gasteiger partial charge on any atom is -0.394 e. The zero-order valence-electron chi connectivity index (χ0n) is 10.4. The molecule has 0 bridgehead atoms. The van der Waals surface area contributed by atoms with Crippen molar-refractivity contribution in [2.45, 2.75) is 11.4 Å². The first-order valence-electron chi connectivity index (χ1n) is 5.65. The smallest absolute Gasteiger partial charge is 0.265 e. The topological polar surface area (TPSA) is 84.2 Å². The van der Waals surface area contributed by atoms with Gasteiger partial charge in [0.05, 0.1) is 25.0 Å². The number of rotatable bonds is 5. The Kier molecular flexibility index (Phi) is 4.19. The summed E-state index contributed by atoms with van der Waals surface area (Å²) in [4.78, 5) is -1.02. The second-order valence-electron chi connectivity index (χ2n) is 3.99. The van der Waals surface area contributed by atoms with E-state index in [2.05, 4.69) is 5.10 Å². The summed E-state index contributed by atoms with van der Waals surface area (Å²) < 4.78 is 66.5. The van der Waals surface area contributed by atoms with Crippen LogP contribution in [0.2, 0.25) is 0 Å². The zero-order chi connectivity index (χ0) is 15.6. The van der Waals surface area contributed by atoms with Crippen LogP contribution in [-0.2, 0) is 16.6 Å². The number of hydrogen-bond donors (Lipinski definition) is 2. The molecule has 1 heterocycles. The van der Waals surface area contributed by atoms with Crippen molar-refractivity contribution in [1.82, 2.24) is 9.78 Å². The summed E-state index contributed by atoms with van der Waals surface area (Å²) in [6.07, 6.45) is 2.39. The number of hydrogen-bond acceptors (Lipinski definition) is 4. The highest BCUT2D eigenvalue weighted by Gasteiger charge is 2.24. The van der Waals surface area contributed by atoms with E-state index in [9.17, 15) is 21.6 Å². The first kappa shape index (κ1) is 15.3. The minimum atomic E-state index is -4.43. The molecule has 2 N–H and O–H groups in total. The second-order valence-corrected chi connectivity index (χ2v) is 5.65. The monoisotopic (exact) mass is 321 g/mol. The molecule has 1 aromatic carbocycles. The Balaban J connectivity index is 2.32. The molecule has 0 atom stereocenters. The Hall–Kier alpha value is -2.07. The Labute approximate surface area is 117 Å². The number of aliphatic hydroxyl groups is 1. The molecule has 2 rings (SSSR count). The molecule has 0 amide bonds. The standard InChI is InChI=1S/C11H10F3N3O3S/c12-8-1-2-9(11(14)10(8)13)21(19,20)16-7-5-15-17(6-7)3-4-18/h1-2,5-6,16,18H,3-4H2. The number of aliphatic hydroxyl groups excluding tert-OH is 1. The molecule has 21 heavy (non-hydrogen) atoms. The van der Waals surface area contributed by atoms with Crippen LogP contribution in [0.15, 0.2) is 29.4 Å². The number of anilines is 1. The largest absolute Gasteiger partial charge is 0.394 e. The molecule has 0 spiro atoms. The summed E-state index contributed by atoms with van der Waals surface area (Å²) in [7, 11) is -4.43. The third-order valence-corrected chi connectivity index (χ3v) is 3.90. The summed E-state index contributed by atoms with van der Waals surface area (Å²) >= 11 is 0. The van der Waals surface area contributed by atoms with Crippen LogP contribution in [-0.4, -0.2) is 29.9 Å². The summed E-state index contributed by atoms with van der Waals surface area (Å²) in [6, 6.07) is 1.14. The molecule has 0 fully saturated rings. The van der Waals surface area contributed by atoms with E-state index in [0.29, 0.717) is 12.1 Å². The third kappa shape index (κ3) is 3.16. The van der Waals surface area contributed by atoms with Crippen molar-refractivity contribution in [3.8, 4) is 0 Å². The van der Waals surface area contributed by atoms with Gasteiger partial charge in [0.15, 0.2) is 17.5 Å². The van der Waals surface area contributed by atoms with Crippen LogP contribution in [0.5, 0.6) is 0 Å². The van der Waals surface area contributed by atoms with E-state index in [-0.39, 0.29) is 18.8 Å². The number of halogens is 3. The maximum Gasteiger partial charge on any atom is 0.265 e. The Morgan fingerprint density at radius 3 is 2.62 bits per heavy atom. The summed E-state index contributed by atoms with van der Waals surface area (Å²) in [5, 5.41) is 12.4. The number of sulfonamides is 1. The van der Waals surface area contributed by atoms with Gasteiger partial charge in [-0.05, 0) is 12.1 Å². The molecule has 0 aliphatic carbocycles. The van der Waals surface area contributed by atoms with E-state index in [1.165, 1.54) is 10.9 Å². The lowest BCUT2D eigenvalue weighted by Gasteiger charge is -2.07. The molecule has 0 aliphatic rings. The number of aromatic nitrogens is 2. The van der Waals surface area contributed by atoms with E-state index >= 15 is 0 Å². The van der Waals surface area contributed by atoms with Gasteiger partial charge in [-0.1, -0.05) is 0 Å². The molecule has 2 aromatic rings. The number of nitrogens with zero attached hydrogens (tertiary/aromatic N) is 2. The average Bonchev–Trinajstić information content (AvgIpc) is 2.82. The Morgan fingerprint density at radius 1 is 1.24 bits per heavy atom. The van der Waals surface area contributed by atoms with Crippen LogP contribution < -0.4 is 4.72 Å². The highest BCUT2D eigenvalue weighted by Crippen LogP contribution is 2.22. The van der Waals surface area contributed by atoms with Gasteiger partial charge in [-0.2, -0.15) is 5.10 Å². The SMILES string of the molecule is O=S(=O)(Nc1cnn(CCO)c1)c1ccc(F)c(F)c1F. The van der Waals surface area contributed by atoms with Crippen molar-refractivity contribution in [3.05, 3.63) is 42.0 Å². The fraction of sp³-hybridized carbons (Fsp3) is 0.182. The fourth-order valence-corrected chi connectivity index (χ4v) is 2.67. The maximum absolute atomic E-state index is 13.5. The summed E-state index contributed by atoms with van der Waals surface area (Å²) in [6.45, 7) is -0.0626. The number of benzene rings is 1. The molecule has 0 saturated carbocycles. The summed E-state index contributed by atoms with van der Waals surface area (Å²) in [5.41, 5.74) is -0.00687. The molecule has 6 nitrogen and oxygen atoms in total. The summed E-state index contributed by atoms with van der Waals surface area (Å²) in [5.74, 6) is -5.15.